The topological polar surface area (TPSA) is 53.4 Å². The Hall–Kier alpha value is -2.10. The molecule has 1 saturated heterocycles. The van der Waals surface area contributed by atoms with Crippen LogP contribution in [0.1, 0.15) is 12.8 Å². The highest BCUT2D eigenvalue weighted by Crippen LogP contribution is 2.23. The number of phenolic OH excluding ortho intramolecular Hbond substituents is 1. The number of benzene rings is 1. The van der Waals surface area contributed by atoms with Crippen molar-refractivity contribution in [1.29, 1.82) is 0 Å². The SMILES string of the molecule is O=C1CCN(c2ccc3ccc(O)cc3n2)CC1. The summed E-state index contributed by atoms with van der Waals surface area (Å²) in [5.74, 6) is 1.42. The van der Waals surface area contributed by atoms with Crippen molar-refractivity contribution < 1.29 is 9.90 Å². The lowest BCUT2D eigenvalue weighted by atomic mass is 10.1. The summed E-state index contributed by atoms with van der Waals surface area (Å²) in [6, 6.07) is 9.13. The molecule has 1 N–H and O–H groups in total. The van der Waals surface area contributed by atoms with Gasteiger partial charge in [-0.3, -0.25) is 4.79 Å². The molecule has 0 unspecified atom stereocenters. The minimum absolute atomic E-state index is 0.223. The lowest BCUT2D eigenvalue weighted by Crippen LogP contribution is -2.34. The van der Waals surface area contributed by atoms with E-state index in [1.807, 2.05) is 18.2 Å². The fourth-order valence-electron chi connectivity index (χ4n) is 2.26. The van der Waals surface area contributed by atoms with Crippen molar-refractivity contribution in [3.63, 3.8) is 0 Å². The number of phenols is 1. The summed E-state index contributed by atoms with van der Waals surface area (Å²) in [5, 5.41) is 10.5. The Morgan fingerprint density at radius 1 is 1.11 bits per heavy atom. The monoisotopic (exact) mass is 242 g/mol. The van der Waals surface area contributed by atoms with Crippen LogP contribution in [0.25, 0.3) is 10.9 Å². The summed E-state index contributed by atoms with van der Waals surface area (Å²) in [7, 11) is 0. The average molecular weight is 242 g/mol. The van der Waals surface area contributed by atoms with Gasteiger partial charge in [-0.2, -0.15) is 0 Å². The molecule has 1 fully saturated rings. The first-order valence-electron chi connectivity index (χ1n) is 6.09. The second kappa shape index (κ2) is 4.29. The van der Waals surface area contributed by atoms with Crippen LogP contribution < -0.4 is 4.90 Å². The second-order valence-electron chi connectivity index (χ2n) is 4.57. The first kappa shape index (κ1) is 11.0. The number of nitrogens with zero attached hydrogens (tertiary/aromatic N) is 2. The zero-order chi connectivity index (χ0) is 12.5. The second-order valence-corrected chi connectivity index (χ2v) is 4.57. The molecule has 2 aromatic rings. The summed E-state index contributed by atoms with van der Waals surface area (Å²) in [4.78, 5) is 17.9. The number of carbonyl (C=O) groups excluding carboxylic acids is 1. The molecule has 0 atom stereocenters. The standard InChI is InChI=1S/C14H14N2O2/c17-11-5-7-16(8-6-11)14-4-2-10-1-3-12(18)9-13(10)15-14/h1-4,9,18H,5-8H2. The van der Waals surface area contributed by atoms with Gasteiger partial charge in [0.1, 0.15) is 17.4 Å². The van der Waals surface area contributed by atoms with E-state index in [2.05, 4.69) is 9.88 Å². The lowest BCUT2D eigenvalue weighted by Gasteiger charge is -2.27. The fraction of sp³-hybridized carbons (Fsp3) is 0.286. The smallest absolute Gasteiger partial charge is 0.136 e. The number of carbonyl (C=O) groups is 1. The first-order valence-corrected chi connectivity index (χ1v) is 6.09. The summed E-state index contributed by atoms with van der Waals surface area (Å²) in [6.45, 7) is 1.46. The molecule has 0 bridgehead atoms. The van der Waals surface area contributed by atoms with E-state index in [1.54, 1.807) is 12.1 Å². The van der Waals surface area contributed by atoms with Gasteiger partial charge in [-0.1, -0.05) is 0 Å². The number of hydrogen-bond acceptors (Lipinski definition) is 4. The van der Waals surface area contributed by atoms with Gasteiger partial charge in [0.15, 0.2) is 0 Å². The van der Waals surface area contributed by atoms with Crippen LogP contribution in [-0.2, 0) is 4.79 Å². The largest absolute Gasteiger partial charge is 0.508 e. The van der Waals surface area contributed by atoms with Gasteiger partial charge in [0, 0.05) is 37.4 Å². The number of anilines is 1. The Morgan fingerprint density at radius 3 is 2.61 bits per heavy atom. The molecule has 0 radical (unpaired) electrons. The van der Waals surface area contributed by atoms with E-state index in [9.17, 15) is 9.90 Å². The number of piperidine rings is 1. The van der Waals surface area contributed by atoms with Gasteiger partial charge in [-0.05, 0) is 24.3 Å². The van der Waals surface area contributed by atoms with Crippen molar-refractivity contribution in [3.05, 3.63) is 30.3 Å². The number of Topliss-reactive ketones (excluding diaryl/α,β-unsaturated/α-hetero) is 1. The van der Waals surface area contributed by atoms with Crippen molar-refractivity contribution in [2.75, 3.05) is 18.0 Å². The zero-order valence-electron chi connectivity index (χ0n) is 9.97. The van der Waals surface area contributed by atoms with Crippen LogP contribution in [0, 0.1) is 0 Å². The first-order chi connectivity index (χ1) is 8.72. The van der Waals surface area contributed by atoms with Crippen molar-refractivity contribution >= 4 is 22.5 Å². The Bertz CT molecular complexity index is 600. The highest BCUT2D eigenvalue weighted by Gasteiger charge is 2.17. The molecule has 18 heavy (non-hydrogen) atoms. The fourth-order valence-corrected chi connectivity index (χ4v) is 2.26. The van der Waals surface area contributed by atoms with Crippen LogP contribution >= 0.6 is 0 Å². The third-order valence-electron chi connectivity index (χ3n) is 3.31. The Labute approximate surface area is 105 Å². The van der Waals surface area contributed by atoms with Crippen LogP contribution in [-0.4, -0.2) is 29.0 Å². The maximum Gasteiger partial charge on any atom is 0.136 e. The molecule has 1 aromatic carbocycles. The molecule has 0 saturated carbocycles. The number of rotatable bonds is 1. The van der Waals surface area contributed by atoms with Gasteiger partial charge in [-0.25, -0.2) is 4.98 Å². The highest BCUT2D eigenvalue weighted by atomic mass is 16.3. The number of ketones is 1. The molecule has 2 heterocycles. The van der Waals surface area contributed by atoms with Crippen molar-refractivity contribution in [3.8, 4) is 5.75 Å². The summed E-state index contributed by atoms with van der Waals surface area (Å²) in [5.41, 5.74) is 0.782. The molecule has 1 aliphatic heterocycles. The van der Waals surface area contributed by atoms with E-state index in [4.69, 9.17) is 0 Å². The van der Waals surface area contributed by atoms with Crippen LogP contribution in [0.4, 0.5) is 5.82 Å². The van der Waals surface area contributed by atoms with Gasteiger partial charge in [-0.15, -0.1) is 0 Å². The molecule has 92 valence electrons. The molecule has 3 rings (SSSR count). The molecule has 4 heteroatoms. The van der Waals surface area contributed by atoms with Crippen molar-refractivity contribution in [1.82, 2.24) is 4.98 Å². The van der Waals surface area contributed by atoms with Crippen molar-refractivity contribution in [2.45, 2.75) is 12.8 Å². The Balaban J connectivity index is 1.95. The third kappa shape index (κ3) is 2.01. The van der Waals surface area contributed by atoms with Crippen LogP contribution in [0.15, 0.2) is 30.3 Å². The maximum absolute atomic E-state index is 11.2. The molecule has 0 aliphatic carbocycles. The molecule has 4 nitrogen and oxygen atoms in total. The predicted molar refractivity (Wildman–Crippen MR) is 69.9 cm³/mol. The number of aromatic nitrogens is 1. The number of fused-ring (bicyclic) bond motifs is 1. The van der Waals surface area contributed by atoms with Gasteiger partial charge in [0.25, 0.3) is 0 Å². The van der Waals surface area contributed by atoms with E-state index >= 15 is 0 Å². The lowest BCUT2D eigenvalue weighted by molar-refractivity contribution is -0.119. The van der Waals surface area contributed by atoms with Gasteiger partial charge < -0.3 is 10.0 Å². The van der Waals surface area contributed by atoms with E-state index in [0.29, 0.717) is 18.6 Å². The van der Waals surface area contributed by atoms with Crippen LogP contribution in [0.2, 0.25) is 0 Å². The van der Waals surface area contributed by atoms with Crippen LogP contribution in [0.3, 0.4) is 0 Å². The quantitative estimate of drug-likeness (QED) is 0.832. The van der Waals surface area contributed by atoms with Gasteiger partial charge in [0.05, 0.1) is 5.52 Å². The van der Waals surface area contributed by atoms with E-state index in [1.165, 1.54) is 0 Å². The summed E-state index contributed by atoms with van der Waals surface area (Å²) < 4.78 is 0. The van der Waals surface area contributed by atoms with Crippen molar-refractivity contribution in [2.24, 2.45) is 0 Å². The molecular formula is C14H14N2O2. The zero-order valence-corrected chi connectivity index (χ0v) is 9.97. The van der Waals surface area contributed by atoms with Gasteiger partial charge >= 0.3 is 0 Å². The molecule has 0 amide bonds. The average Bonchev–Trinajstić information content (AvgIpc) is 2.38. The molecule has 0 spiro atoms. The summed E-state index contributed by atoms with van der Waals surface area (Å²) >= 11 is 0. The van der Waals surface area contributed by atoms with Crippen LogP contribution in [0.5, 0.6) is 5.75 Å². The third-order valence-corrected chi connectivity index (χ3v) is 3.31. The Morgan fingerprint density at radius 2 is 1.83 bits per heavy atom. The maximum atomic E-state index is 11.2. The Kier molecular flexibility index (Phi) is 2.63. The minimum Gasteiger partial charge on any atom is -0.508 e. The van der Waals surface area contributed by atoms with E-state index in [0.717, 1.165) is 29.8 Å². The molecular weight excluding hydrogens is 228 g/mol. The normalized spacial score (nSPS) is 16.2. The number of aromatic hydroxyl groups is 1. The van der Waals surface area contributed by atoms with E-state index < -0.39 is 0 Å². The number of hydrogen-bond donors (Lipinski definition) is 1. The van der Waals surface area contributed by atoms with Gasteiger partial charge in [0.2, 0.25) is 0 Å². The minimum atomic E-state index is 0.223. The molecule has 1 aliphatic rings. The predicted octanol–water partition coefficient (Wildman–Crippen LogP) is 2.11. The highest BCUT2D eigenvalue weighted by molar-refractivity contribution is 5.83. The molecule has 1 aromatic heterocycles. The summed E-state index contributed by atoms with van der Waals surface area (Å²) in [6.07, 6.45) is 1.19. The number of pyridine rings is 1. The van der Waals surface area contributed by atoms with E-state index in [-0.39, 0.29) is 5.75 Å².